The van der Waals surface area contributed by atoms with Gasteiger partial charge in [0, 0.05) is 6.54 Å². The fourth-order valence-electron chi connectivity index (χ4n) is 2.25. The smallest absolute Gasteiger partial charge is 0.240 e. The lowest BCUT2D eigenvalue weighted by Gasteiger charge is -2.22. The molecule has 0 aliphatic heterocycles. The number of nitrogens with one attached hydrogen (secondary N) is 1. The van der Waals surface area contributed by atoms with Crippen LogP contribution in [0.25, 0.3) is 0 Å². The summed E-state index contributed by atoms with van der Waals surface area (Å²) in [5.74, 6) is -0.108. The zero-order valence-corrected chi connectivity index (χ0v) is 10.9. The van der Waals surface area contributed by atoms with Crippen LogP contribution in [0.5, 0.6) is 0 Å². The fourth-order valence-corrected chi connectivity index (χ4v) is 2.25. The second-order valence-corrected chi connectivity index (χ2v) is 4.66. The third-order valence-corrected chi connectivity index (χ3v) is 3.72. The Morgan fingerprint density at radius 2 is 2.24 bits per heavy atom. The van der Waals surface area contributed by atoms with Gasteiger partial charge in [-0.1, -0.05) is 25.5 Å². The second kappa shape index (κ2) is 6.44. The third kappa shape index (κ3) is 3.33. The SMILES string of the molecule is CCC(C#N)(CC)C(=O)NCCC1=CCCC1. The van der Waals surface area contributed by atoms with Gasteiger partial charge in [0.2, 0.25) is 5.91 Å². The summed E-state index contributed by atoms with van der Waals surface area (Å²) in [6, 6.07) is 2.17. The maximum atomic E-state index is 12.0. The molecule has 94 valence electrons. The largest absolute Gasteiger partial charge is 0.354 e. The minimum absolute atomic E-state index is 0.108. The zero-order valence-electron chi connectivity index (χ0n) is 10.9. The molecule has 0 radical (unpaired) electrons. The van der Waals surface area contributed by atoms with Crippen LogP contribution in [0.15, 0.2) is 11.6 Å². The van der Waals surface area contributed by atoms with E-state index in [4.69, 9.17) is 5.26 Å². The van der Waals surface area contributed by atoms with Gasteiger partial charge in [-0.15, -0.1) is 0 Å². The van der Waals surface area contributed by atoms with E-state index in [0.717, 1.165) is 6.42 Å². The van der Waals surface area contributed by atoms with Crippen molar-refractivity contribution in [2.75, 3.05) is 6.54 Å². The fraction of sp³-hybridized carbons (Fsp3) is 0.714. The van der Waals surface area contributed by atoms with Crippen LogP contribution in [0.1, 0.15) is 52.4 Å². The summed E-state index contributed by atoms with van der Waals surface area (Å²) in [6.07, 6.45) is 7.94. The Balaban J connectivity index is 2.40. The van der Waals surface area contributed by atoms with Gasteiger partial charge in [-0.25, -0.2) is 0 Å². The molecule has 17 heavy (non-hydrogen) atoms. The van der Waals surface area contributed by atoms with E-state index < -0.39 is 5.41 Å². The first kappa shape index (κ1) is 13.8. The van der Waals surface area contributed by atoms with Gasteiger partial charge in [0.25, 0.3) is 0 Å². The summed E-state index contributed by atoms with van der Waals surface area (Å²) in [5.41, 5.74) is 0.616. The quantitative estimate of drug-likeness (QED) is 0.718. The molecule has 0 unspecified atom stereocenters. The van der Waals surface area contributed by atoms with E-state index >= 15 is 0 Å². The molecule has 0 atom stereocenters. The molecular formula is C14H22N2O. The number of carbonyl (C=O) groups excluding carboxylic acids is 1. The van der Waals surface area contributed by atoms with Gasteiger partial charge >= 0.3 is 0 Å². The highest BCUT2D eigenvalue weighted by Gasteiger charge is 2.34. The molecule has 1 aliphatic carbocycles. The van der Waals surface area contributed by atoms with Crippen molar-refractivity contribution >= 4 is 5.91 Å². The van der Waals surface area contributed by atoms with Gasteiger partial charge in [-0.2, -0.15) is 5.26 Å². The van der Waals surface area contributed by atoms with Crippen LogP contribution >= 0.6 is 0 Å². The van der Waals surface area contributed by atoms with Crippen LogP contribution < -0.4 is 5.32 Å². The van der Waals surface area contributed by atoms with Crippen molar-refractivity contribution in [3.05, 3.63) is 11.6 Å². The van der Waals surface area contributed by atoms with Gasteiger partial charge in [0.1, 0.15) is 5.41 Å². The first-order valence-electron chi connectivity index (χ1n) is 6.56. The van der Waals surface area contributed by atoms with E-state index in [1.807, 2.05) is 13.8 Å². The average molecular weight is 234 g/mol. The molecule has 0 fully saturated rings. The number of amides is 1. The lowest BCUT2D eigenvalue weighted by Crippen LogP contribution is -2.39. The van der Waals surface area contributed by atoms with E-state index in [-0.39, 0.29) is 5.91 Å². The molecule has 3 heteroatoms. The van der Waals surface area contributed by atoms with Crippen molar-refractivity contribution in [1.82, 2.24) is 5.32 Å². The van der Waals surface area contributed by atoms with Crippen LogP contribution in [0, 0.1) is 16.7 Å². The predicted molar refractivity (Wildman–Crippen MR) is 68.2 cm³/mol. The van der Waals surface area contributed by atoms with Crippen LogP contribution in [0.4, 0.5) is 0 Å². The molecule has 0 aromatic heterocycles. The first-order valence-corrected chi connectivity index (χ1v) is 6.56. The zero-order chi connectivity index (χ0) is 12.7. The number of rotatable bonds is 6. The Morgan fingerprint density at radius 1 is 1.53 bits per heavy atom. The van der Waals surface area contributed by atoms with Gasteiger partial charge < -0.3 is 5.32 Å². The summed E-state index contributed by atoms with van der Waals surface area (Å²) in [7, 11) is 0. The summed E-state index contributed by atoms with van der Waals surface area (Å²) in [4.78, 5) is 12.0. The summed E-state index contributed by atoms with van der Waals surface area (Å²) < 4.78 is 0. The minimum atomic E-state index is -0.829. The summed E-state index contributed by atoms with van der Waals surface area (Å²) >= 11 is 0. The van der Waals surface area contributed by atoms with E-state index in [1.165, 1.54) is 24.8 Å². The average Bonchev–Trinajstić information content (AvgIpc) is 2.85. The molecule has 3 nitrogen and oxygen atoms in total. The van der Waals surface area contributed by atoms with Gasteiger partial charge in [0.05, 0.1) is 6.07 Å². The van der Waals surface area contributed by atoms with Crippen LogP contribution in [-0.2, 0) is 4.79 Å². The van der Waals surface area contributed by atoms with Gasteiger partial charge in [-0.05, 0) is 38.5 Å². The summed E-state index contributed by atoms with van der Waals surface area (Å²) in [5, 5.41) is 12.0. The molecule has 0 bridgehead atoms. The Kier molecular flexibility index (Phi) is 5.21. The number of nitrogens with zero attached hydrogens (tertiary/aromatic N) is 1. The highest BCUT2D eigenvalue weighted by molar-refractivity contribution is 5.85. The highest BCUT2D eigenvalue weighted by atomic mass is 16.2. The van der Waals surface area contributed by atoms with Crippen LogP contribution in [0.2, 0.25) is 0 Å². The first-order chi connectivity index (χ1) is 8.18. The molecule has 1 amide bonds. The predicted octanol–water partition coefficient (Wildman–Crippen LogP) is 2.93. The maximum Gasteiger partial charge on any atom is 0.240 e. The normalized spacial score (nSPS) is 15.2. The molecule has 0 saturated heterocycles. The van der Waals surface area contributed by atoms with Gasteiger partial charge in [0.15, 0.2) is 0 Å². The molecule has 1 rings (SSSR count). The number of hydrogen-bond donors (Lipinski definition) is 1. The van der Waals surface area contributed by atoms with E-state index in [1.54, 1.807) is 0 Å². The lowest BCUT2D eigenvalue weighted by molar-refractivity contribution is -0.128. The molecule has 1 aliphatic rings. The van der Waals surface area contributed by atoms with Crippen molar-refractivity contribution in [1.29, 1.82) is 5.26 Å². The van der Waals surface area contributed by atoms with Crippen molar-refractivity contribution in [2.24, 2.45) is 5.41 Å². The van der Waals surface area contributed by atoms with Crippen LogP contribution in [-0.4, -0.2) is 12.5 Å². The van der Waals surface area contributed by atoms with E-state index in [2.05, 4.69) is 17.5 Å². The van der Waals surface area contributed by atoms with Gasteiger partial charge in [-0.3, -0.25) is 4.79 Å². The minimum Gasteiger partial charge on any atom is -0.354 e. The molecule has 0 aromatic carbocycles. The number of allylic oxidation sites excluding steroid dienone is 1. The van der Waals surface area contributed by atoms with E-state index in [0.29, 0.717) is 19.4 Å². The topological polar surface area (TPSA) is 52.9 Å². The molecule has 0 spiro atoms. The van der Waals surface area contributed by atoms with Crippen molar-refractivity contribution in [3.8, 4) is 6.07 Å². The van der Waals surface area contributed by atoms with Crippen molar-refractivity contribution < 1.29 is 4.79 Å². The Hall–Kier alpha value is -1.30. The van der Waals surface area contributed by atoms with Crippen molar-refractivity contribution in [3.63, 3.8) is 0 Å². The van der Waals surface area contributed by atoms with Crippen LogP contribution in [0.3, 0.4) is 0 Å². The molecule has 0 saturated carbocycles. The van der Waals surface area contributed by atoms with E-state index in [9.17, 15) is 4.79 Å². The monoisotopic (exact) mass is 234 g/mol. The molecule has 0 heterocycles. The van der Waals surface area contributed by atoms with Crippen molar-refractivity contribution in [2.45, 2.75) is 52.4 Å². The molecular weight excluding hydrogens is 212 g/mol. The second-order valence-electron chi connectivity index (χ2n) is 4.66. The summed E-state index contributed by atoms with van der Waals surface area (Å²) in [6.45, 7) is 4.45. The third-order valence-electron chi connectivity index (χ3n) is 3.72. The highest BCUT2D eigenvalue weighted by Crippen LogP contribution is 2.25. The standard InChI is InChI=1S/C14H22N2O/c1-3-14(4-2,11-15)13(17)16-10-9-12-7-5-6-8-12/h7H,3-6,8-10H2,1-2H3,(H,16,17). The lowest BCUT2D eigenvalue weighted by atomic mass is 9.83. The number of carbonyl (C=O) groups is 1. The maximum absolute atomic E-state index is 12.0. The Labute approximate surface area is 104 Å². The molecule has 1 N–H and O–H groups in total. The Morgan fingerprint density at radius 3 is 2.71 bits per heavy atom. The Bertz CT molecular complexity index is 335. The molecule has 0 aromatic rings. The number of hydrogen-bond acceptors (Lipinski definition) is 2. The number of nitriles is 1.